The van der Waals surface area contributed by atoms with E-state index >= 15 is 0 Å². The van der Waals surface area contributed by atoms with Crippen molar-refractivity contribution in [1.82, 2.24) is 4.90 Å². The number of carbonyl (C=O) groups is 1. The first-order chi connectivity index (χ1) is 9.76. The van der Waals surface area contributed by atoms with Gasteiger partial charge in [0, 0.05) is 13.1 Å². The third kappa shape index (κ3) is 11.0. The fraction of sp³-hybridized carbons (Fsp3) is 0.824. The normalized spacial score (nSPS) is 10.5. The molecular weight excluding hydrogens is 250 g/mol. The van der Waals surface area contributed by atoms with E-state index in [0.29, 0.717) is 6.54 Å². The fourth-order valence-electron chi connectivity index (χ4n) is 2.37. The lowest BCUT2D eigenvalue weighted by atomic mass is 10.1. The fourth-order valence-corrected chi connectivity index (χ4v) is 2.37. The smallest absolute Gasteiger partial charge is 0.246 e. The lowest BCUT2D eigenvalue weighted by Gasteiger charge is -2.19. The molecule has 0 aromatic carbocycles. The van der Waals surface area contributed by atoms with Crippen LogP contribution in [0.5, 0.6) is 0 Å². The van der Waals surface area contributed by atoms with E-state index in [4.69, 9.17) is 5.11 Å². The lowest BCUT2D eigenvalue weighted by molar-refractivity contribution is -0.126. The highest BCUT2D eigenvalue weighted by molar-refractivity contribution is 5.86. The van der Waals surface area contributed by atoms with Gasteiger partial charge in [-0.1, -0.05) is 71.3 Å². The molecular formula is C17H33NO2. The molecule has 0 unspecified atom stereocenters. The molecule has 0 rings (SSSR count). The Hall–Kier alpha value is -0.830. The van der Waals surface area contributed by atoms with Gasteiger partial charge in [0.05, 0.1) is 6.61 Å². The molecule has 0 aliphatic heterocycles. The molecule has 1 amide bonds. The summed E-state index contributed by atoms with van der Waals surface area (Å²) in [4.78, 5) is 13.2. The van der Waals surface area contributed by atoms with E-state index in [1.165, 1.54) is 63.9 Å². The number of aliphatic hydroxyl groups excluding tert-OH is 1. The molecule has 0 radical (unpaired) electrons. The van der Waals surface area contributed by atoms with Crippen molar-refractivity contribution in [1.29, 1.82) is 0 Å². The van der Waals surface area contributed by atoms with Crippen LogP contribution in [0, 0.1) is 0 Å². The van der Waals surface area contributed by atoms with Gasteiger partial charge in [0.25, 0.3) is 0 Å². The second-order valence-corrected chi connectivity index (χ2v) is 5.43. The van der Waals surface area contributed by atoms with Crippen molar-refractivity contribution >= 4 is 5.91 Å². The zero-order chi connectivity index (χ0) is 15.1. The summed E-state index contributed by atoms with van der Waals surface area (Å²) in [5.41, 5.74) is 0. The van der Waals surface area contributed by atoms with Gasteiger partial charge < -0.3 is 10.0 Å². The van der Waals surface area contributed by atoms with E-state index < -0.39 is 0 Å². The molecule has 1 N–H and O–H groups in total. The molecule has 0 aromatic heterocycles. The van der Waals surface area contributed by atoms with Gasteiger partial charge >= 0.3 is 0 Å². The first-order valence-electron chi connectivity index (χ1n) is 8.28. The Balaban J connectivity index is 3.41. The predicted molar refractivity (Wildman–Crippen MR) is 85.7 cm³/mol. The Kier molecular flexibility index (Phi) is 14.0. The van der Waals surface area contributed by atoms with Gasteiger partial charge in [-0.05, 0) is 12.5 Å². The van der Waals surface area contributed by atoms with Gasteiger partial charge in [0.15, 0.2) is 0 Å². The van der Waals surface area contributed by atoms with Gasteiger partial charge in [-0.15, -0.1) is 0 Å². The molecule has 20 heavy (non-hydrogen) atoms. The quantitative estimate of drug-likeness (QED) is 0.388. The Morgan fingerprint density at radius 2 is 1.45 bits per heavy atom. The maximum absolute atomic E-state index is 11.5. The number of hydrogen-bond acceptors (Lipinski definition) is 2. The summed E-state index contributed by atoms with van der Waals surface area (Å²) in [6.07, 6.45) is 14.2. The molecule has 3 heteroatoms. The van der Waals surface area contributed by atoms with Crippen LogP contribution in [0.2, 0.25) is 0 Å². The van der Waals surface area contributed by atoms with E-state index in [-0.39, 0.29) is 12.5 Å². The maximum atomic E-state index is 11.5. The molecule has 0 bridgehead atoms. The van der Waals surface area contributed by atoms with Gasteiger partial charge in [-0.25, -0.2) is 0 Å². The summed E-state index contributed by atoms with van der Waals surface area (Å²) in [5, 5.41) is 8.91. The van der Waals surface area contributed by atoms with Crippen LogP contribution < -0.4 is 0 Å². The first kappa shape index (κ1) is 19.2. The van der Waals surface area contributed by atoms with Crippen molar-refractivity contribution in [3.63, 3.8) is 0 Å². The van der Waals surface area contributed by atoms with Crippen molar-refractivity contribution in [2.75, 3.05) is 19.7 Å². The van der Waals surface area contributed by atoms with Gasteiger partial charge in [-0.3, -0.25) is 4.79 Å². The van der Waals surface area contributed by atoms with Crippen molar-refractivity contribution in [3.8, 4) is 0 Å². The molecule has 118 valence electrons. The highest BCUT2D eigenvalue weighted by Crippen LogP contribution is 2.10. The molecule has 0 aliphatic rings. The van der Waals surface area contributed by atoms with Crippen LogP contribution >= 0.6 is 0 Å². The number of unbranched alkanes of at least 4 members (excludes halogenated alkanes) is 9. The number of carbonyl (C=O) groups excluding carboxylic acids is 1. The van der Waals surface area contributed by atoms with Crippen LogP contribution in [0.1, 0.15) is 71.1 Å². The number of nitrogens with zero attached hydrogens (tertiary/aromatic N) is 1. The van der Waals surface area contributed by atoms with Gasteiger partial charge in [-0.2, -0.15) is 0 Å². The SMILES string of the molecule is C=CC(=O)N(CCO)CCCCCCCCCCCC. The summed E-state index contributed by atoms with van der Waals surface area (Å²) >= 11 is 0. The lowest BCUT2D eigenvalue weighted by Crippen LogP contribution is -2.33. The van der Waals surface area contributed by atoms with Crippen LogP contribution in [0.15, 0.2) is 12.7 Å². The number of amides is 1. The molecule has 0 saturated heterocycles. The van der Waals surface area contributed by atoms with E-state index in [1.807, 2.05) is 0 Å². The minimum Gasteiger partial charge on any atom is -0.395 e. The molecule has 0 fully saturated rings. The molecule has 0 saturated carbocycles. The summed E-state index contributed by atoms with van der Waals surface area (Å²) in [5.74, 6) is -0.0741. The van der Waals surface area contributed by atoms with Crippen LogP contribution in [0.3, 0.4) is 0 Å². The topological polar surface area (TPSA) is 40.5 Å². The monoisotopic (exact) mass is 283 g/mol. The van der Waals surface area contributed by atoms with E-state index in [1.54, 1.807) is 4.90 Å². The van der Waals surface area contributed by atoms with E-state index in [2.05, 4.69) is 13.5 Å². The molecule has 0 aromatic rings. The van der Waals surface area contributed by atoms with E-state index in [9.17, 15) is 4.79 Å². The maximum Gasteiger partial charge on any atom is 0.246 e. The molecule has 0 spiro atoms. The zero-order valence-electron chi connectivity index (χ0n) is 13.3. The Labute approximate surface area is 125 Å². The summed E-state index contributed by atoms with van der Waals surface area (Å²) in [6.45, 7) is 6.92. The van der Waals surface area contributed by atoms with Crippen LogP contribution in [-0.4, -0.2) is 35.6 Å². The Morgan fingerprint density at radius 3 is 1.90 bits per heavy atom. The number of aliphatic hydroxyl groups is 1. The molecule has 3 nitrogen and oxygen atoms in total. The minimum atomic E-state index is -0.0741. The first-order valence-corrected chi connectivity index (χ1v) is 8.28. The minimum absolute atomic E-state index is 0.0251. The Bertz CT molecular complexity index is 241. The third-order valence-corrected chi connectivity index (χ3v) is 3.64. The summed E-state index contributed by atoms with van der Waals surface area (Å²) < 4.78 is 0. The highest BCUT2D eigenvalue weighted by Gasteiger charge is 2.08. The number of rotatable bonds is 14. The largest absolute Gasteiger partial charge is 0.395 e. The summed E-state index contributed by atoms with van der Waals surface area (Å²) in [7, 11) is 0. The van der Waals surface area contributed by atoms with E-state index in [0.717, 1.165) is 13.0 Å². The Morgan fingerprint density at radius 1 is 0.950 bits per heavy atom. The predicted octanol–water partition coefficient (Wildman–Crippen LogP) is 3.91. The van der Waals surface area contributed by atoms with Crippen LogP contribution in [0.4, 0.5) is 0 Å². The molecule has 0 atom stereocenters. The van der Waals surface area contributed by atoms with Crippen molar-refractivity contribution in [2.45, 2.75) is 71.1 Å². The zero-order valence-corrected chi connectivity index (χ0v) is 13.3. The molecule has 0 aliphatic carbocycles. The molecule has 0 heterocycles. The van der Waals surface area contributed by atoms with Crippen LogP contribution in [0.25, 0.3) is 0 Å². The van der Waals surface area contributed by atoms with Crippen molar-refractivity contribution < 1.29 is 9.90 Å². The van der Waals surface area contributed by atoms with Gasteiger partial charge in [0.2, 0.25) is 5.91 Å². The average molecular weight is 283 g/mol. The standard InChI is InChI=1S/C17H33NO2/c1-3-5-6-7-8-9-10-11-12-13-14-18(15-16-19)17(20)4-2/h4,19H,2-3,5-16H2,1H3. The number of hydrogen-bond donors (Lipinski definition) is 1. The summed E-state index contributed by atoms with van der Waals surface area (Å²) in [6, 6.07) is 0. The highest BCUT2D eigenvalue weighted by atomic mass is 16.3. The van der Waals surface area contributed by atoms with Crippen molar-refractivity contribution in [2.24, 2.45) is 0 Å². The average Bonchev–Trinajstić information content (AvgIpc) is 2.47. The third-order valence-electron chi connectivity index (χ3n) is 3.64. The van der Waals surface area contributed by atoms with Crippen LogP contribution in [-0.2, 0) is 4.79 Å². The van der Waals surface area contributed by atoms with Crippen molar-refractivity contribution in [3.05, 3.63) is 12.7 Å². The van der Waals surface area contributed by atoms with Gasteiger partial charge in [0.1, 0.15) is 0 Å². The second kappa shape index (κ2) is 14.6. The second-order valence-electron chi connectivity index (χ2n) is 5.43.